The normalized spacial score (nSPS) is 12.2. The molecule has 1 N–H and O–H groups in total. The van der Waals surface area contributed by atoms with Crippen molar-refractivity contribution in [2.45, 2.75) is 23.1 Å². The highest BCUT2D eigenvalue weighted by atomic mass is 32.2. The minimum Gasteiger partial charge on any atom is -0.433 e. The molecule has 2 aromatic rings. The summed E-state index contributed by atoms with van der Waals surface area (Å²) < 4.78 is 29.6. The zero-order chi connectivity index (χ0) is 15.2. The second kappa shape index (κ2) is 7.32. The molecular weight excluding hydrogens is 320 g/mol. The third-order valence-electron chi connectivity index (χ3n) is 2.35. The molecule has 5 nitrogen and oxygen atoms in total. The van der Waals surface area contributed by atoms with E-state index in [0.29, 0.717) is 4.34 Å². The molecule has 1 heterocycles. The quantitative estimate of drug-likeness (QED) is 0.823. The van der Waals surface area contributed by atoms with Gasteiger partial charge in [0.15, 0.2) is 4.34 Å². The summed E-state index contributed by atoms with van der Waals surface area (Å²) in [5.74, 6) is -0.408. The number of para-hydroxylation sites is 2. The lowest BCUT2D eigenvalue weighted by Crippen LogP contribution is -2.23. The van der Waals surface area contributed by atoms with Crippen LogP contribution in [-0.2, 0) is 4.79 Å². The second-order valence-corrected chi connectivity index (χ2v) is 6.25. The maximum atomic E-state index is 12.3. The number of carbonyl (C=O) groups is 1. The van der Waals surface area contributed by atoms with Crippen molar-refractivity contribution in [1.82, 2.24) is 10.2 Å². The van der Waals surface area contributed by atoms with E-state index in [1.54, 1.807) is 24.6 Å². The molecule has 2 rings (SSSR count). The maximum Gasteiger partial charge on any atom is 0.387 e. The first-order chi connectivity index (χ1) is 10.1. The van der Waals surface area contributed by atoms with Crippen molar-refractivity contribution in [3.05, 3.63) is 29.8 Å². The highest BCUT2D eigenvalue weighted by molar-refractivity contribution is 8.02. The Hall–Kier alpha value is -1.74. The van der Waals surface area contributed by atoms with Gasteiger partial charge < -0.3 is 10.1 Å². The number of nitrogens with one attached hydrogen (secondary N) is 1. The number of hydrogen-bond acceptors (Lipinski definition) is 6. The first-order valence-electron chi connectivity index (χ1n) is 5.84. The van der Waals surface area contributed by atoms with Crippen molar-refractivity contribution < 1.29 is 18.3 Å². The number of aromatic nitrogens is 2. The molecule has 21 heavy (non-hydrogen) atoms. The third kappa shape index (κ3) is 4.64. The van der Waals surface area contributed by atoms with Crippen molar-refractivity contribution in [3.63, 3.8) is 0 Å². The Bertz CT molecular complexity index is 596. The van der Waals surface area contributed by atoms with Crippen LogP contribution in [0.3, 0.4) is 0 Å². The van der Waals surface area contributed by atoms with Gasteiger partial charge in [0.1, 0.15) is 11.3 Å². The molecule has 1 atom stereocenters. The number of ether oxygens (including phenoxy) is 1. The summed E-state index contributed by atoms with van der Waals surface area (Å²) in [6, 6.07) is 6.03. The molecule has 0 bridgehead atoms. The summed E-state index contributed by atoms with van der Waals surface area (Å²) in [6.45, 7) is -1.26. The monoisotopic (exact) mass is 331 g/mol. The Kier molecular flexibility index (Phi) is 5.45. The number of amides is 1. The van der Waals surface area contributed by atoms with Gasteiger partial charge in [0.05, 0.1) is 10.9 Å². The van der Waals surface area contributed by atoms with Gasteiger partial charge >= 0.3 is 6.61 Å². The summed E-state index contributed by atoms with van der Waals surface area (Å²) in [5.41, 5.74) is 1.77. The summed E-state index contributed by atoms with van der Waals surface area (Å²) in [6.07, 6.45) is 0. The van der Waals surface area contributed by atoms with Crippen molar-refractivity contribution in [3.8, 4) is 5.75 Å². The topological polar surface area (TPSA) is 64.1 Å². The van der Waals surface area contributed by atoms with Crippen LogP contribution in [0.25, 0.3) is 0 Å². The van der Waals surface area contributed by atoms with Gasteiger partial charge in [0.2, 0.25) is 5.91 Å². The Balaban J connectivity index is 2.02. The molecule has 0 saturated carbocycles. The van der Waals surface area contributed by atoms with Crippen molar-refractivity contribution in [2.24, 2.45) is 0 Å². The van der Waals surface area contributed by atoms with Gasteiger partial charge in [-0.15, -0.1) is 10.2 Å². The van der Waals surface area contributed by atoms with Crippen LogP contribution in [-0.4, -0.2) is 28.0 Å². The lowest BCUT2D eigenvalue weighted by molar-refractivity contribution is -0.115. The molecule has 0 fully saturated rings. The van der Waals surface area contributed by atoms with Gasteiger partial charge in [-0.05, 0) is 19.1 Å². The minimum absolute atomic E-state index is 0.0750. The number of hydrogen-bond donors (Lipinski definition) is 1. The molecule has 0 aliphatic rings. The highest BCUT2D eigenvalue weighted by Crippen LogP contribution is 2.28. The number of anilines is 1. The second-order valence-electron chi connectivity index (χ2n) is 3.83. The Morgan fingerprint density at radius 3 is 2.86 bits per heavy atom. The van der Waals surface area contributed by atoms with Crippen LogP contribution in [0, 0.1) is 0 Å². The van der Waals surface area contributed by atoms with Crippen LogP contribution in [0.5, 0.6) is 5.75 Å². The highest BCUT2D eigenvalue weighted by Gasteiger charge is 2.18. The van der Waals surface area contributed by atoms with Crippen LogP contribution in [0.1, 0.15) is 6.92 Å². The van der Waals surface area contributed by atoms with E-state index >= 15 is 0 Å². The molecule has 0 aliphatic carbocycles. The molecule has 9 heteroatoms. The molecule has 0 aliphatic heterocycles. The predicted molar refractivity (Wildman–Crippen MR) is 76.9 cm³/mol. The summed E-state index contributed by atoms with van der Waals surface area (Å²) in [7, 11) is 0. The molecule has 1 aromatic carbocycles. The van der Waals surface area contributed by atoms with E-state index < -0.39 is 11.9 Å². The van der Waals surface area contributed by atoms with Gasteiger partial charge in [-0.1, -0.05) is 35.2 Å². The number of halogens is 2. The number of carbonyl (C=O) groups excluding carboxylic acids is 1. The minimum atomic E-state index is -2.95. The summed E-state index contributed by atoms with van der Waals surface area (Å²) in [5, 5.41) is 9.63. The standard InChI is InChI=1S/C12H11F2N3O2S2/c1-7(21-12-17-15-6-20-12)10(18)16-8-4-2-3-5-9(8)19-11(13)14/h2-7,11H,1H3,(H,16,18)/t7-/m0/s1. The zero-order valence-electron chi connectivity index (χ0n) is 10.8. The Morgan fingerprint density at radius 2 is 2.19 bits per heavy atom. The average molecular weight is 331 g/mol. The molecule has 1 aromatic heterocycles. The fourth-order valence-electron chi connectivity index (χ4n) is 1.42. The SMILES string of the molecule is C[C@H](Sc1nncs1)C(=O)Nc1ccccc1OC(F)F. The van der Waals surface area contributed by atoms with Gasteiger partial charge in [0, 0.05) is 0 Å². The average Bonchev–Trinajstić information content (AvgIpc) is 2.93. The number of rotatable bonds is 6. The largest absolute Gasteiger partial charge is 0.433 e. The Labute approximate surface area is 127 Å². The van der Waals surface area contributed by atoms with Crippen LogP contribution < -0.4 is 10.1 Å². The zero-order valence-corrected chi connectivity index (χ0v) is 12.5. The lowest BCUT2D eigenvalue weighted by atomic mass is 10.3. The maximum absolute atomic E-state index is 12.3. The van der Waals surface area contributed by atoms with Gasteiger partial charge in [-0.2, -0.15) is 8.78 Å². The first kappa shape index (κ1) is 15.6. The molecule has 1 amide bonds. The van der Waals surface area contributed by atoms with E-state index in [-0.39, 0.29) is 17.3 Å². The number of thioether (sulfide) groups is 1. The third-order valence-corrected chi connectivity index (χ3v) is 4.26. The fraction of sp³-hybridized carbons (Fsp3) is 0.250. The lowest BCUT2D eigenvalue weighted by Gasteiger charge is -2.14. The van der Waals surface area contributed by atoms with Crippen LogP contribution >= 0.6 is 23.1 Å². The van der Waals surface area contributed by atoms with Gasteiger partial charge in [0.25, 0.3) is 0 Å². The van der Waals surface area contributed by atoms with Crippen molar-refractivity contribution >= 4 is 34.7 Å². The van der Waals surface area contributed by atoms with Crippen molar-refractivity contribution in [1.29, 1.82) is 0 Å². The number of alkyl halides is 2. The van der Waals surface area contributed by atoms with Crippen molar-refractivity contribution in [2.75, 3.05) is 5.32 Å². The molecule has 0 saturated heterocycles. The van der Waals surface area contributed by atoms with E-state index in [1.807, 2.05) is 0 Å². The Morgan fingerprint density at radius 1 is 1.43 bits per heavy atom. The van der Waals surface area contributed by atoms with E-state index in [1.165, 1.54) is 35.2 Å². The molecule has 0 unspecified atom stereocenters. The molecule has 0 radical (unpaired) electrons. The number of benzene rings is 1. The van der Waals surface area contributed by atoms with E-state index in [4.69, 9.17) is 0 Å². The summed E-state index contributed by atoms with van der Waals surface area (Å²) in [4.78, 5) is 12.1. The molecule has 0 spiro atoms. The van der Waals surface area contributed by atoms with Crippen LogP contribution in [0.2, 0.25) is 0 Å². The van der Waals surface area contributed by atoms with Crippen LogP contribution in [0.4, 0.5) is 14.5 Å². The van der Waals surface area contributed by atoms with Gasteiger partial charge in [-0.25, -0.2) is 0 Å². The van der Waals surface area contributed by atoms with E-state index in [0.717, 1.165) is 0 Å². The molecule has 112 valence electrons. The summed E-state index contributed by atoms with van der Waals surface area (Å²) >= 11 is 2.56. The van der Waals surface area contributed by atoms with E-state index in [2.05, 4.69) is 20.3 Å². The van der Waals surface area contributed by atoms with Crippen LogP contribution in [0.15, 0.2) is 34.1 Å². The molecular formula is C12H11F2N3O2S2. The van der Waals surface area contributed by atoms with E-state index in [9.17, 15) is 13.6 Å². The van der Waals surface area contributed by atoms with Gasteiger partial charge in [-0.3, -0.25) is 4.79 Å². The first-order valence-corrected chi connectivity index (χ1v) is 7.59. The predicted octanol–water partition coefficient (Wildman–Crippen LogP) is 3.26. The number of nitrogens with zero attached hydrogens (tertiary/aromatic N) is 2. The fourth-order valence-corrected chi connectivity index (χ4v) is 3.05. The smallest absolute Gasteiger partial charge is 0.387 e.